The average molecular weight is 352 g/mol. The standard InChI is InChI=1S/C21H41N3O/c1-7-10-11-14-17-22(4)19-21(25)24(6)18-15-12-13-16-20(8-2)23(5)9-3/h8,12,15H,7,9-11,13-14,16-19H2,1-6H3/b15-12-,20-8+. The van der Waals surface area contributed by atoms with Crippen molar-refractivity contribution < 1.29 is 4.79 Å². The van der Waals surface area contributed by atoms with Gasteiger partial charge in [-0.1, -0.05) is 44.4 Å². The van der Waals surface area contributed by atoms with E-state index in [1.54, 1.807) is 0 Å². The number of allylic oxidation sites excluding steroid dienone is 3. The molecule has 0 rings (SSSR count). The molecule has 0 aromatic rings. The predicted molar refractivity (Wildman–Crippen MR) is 110 cm³/mol. The van der Waals surface area contributed by atoms with E-state index < -0.39 is 0 Å². The lowest BCUT2D eigenvalue weighted by Gasteiger charge is -2.21. The number of nitrogens with zero attached hydrogens (tertiary/aromatic N) is 3. The van der Waals surface area contributed by atoms with E-state index in [2.05, 4.69) is 55.8 Å². The molecule has 1 amide bonds. The first-order chi connectivity index (χ1) is 12.0. The van der Waals surface area contributed by atoms with E-state index in [0.717, 1.165) is 25.9 Å². The maximum absolute atomic E-state index is 12.2. The fourth-order valence-electron chi connectivity index (χ4n) is 2.68. The number of carbonyl (C=O) groups excluding carboxylic acids is 1. The average Bonchev–Trinajstić information content (AvgIpc) is 2.60. The summed E-state index contributed by atoms with van der Waals surface area (Å²) in [6, 6.07) is 0. The van der Waals surface area contributed by atoms with E-state index in [-0.39, 0.29) is 5.91 Å². The molecule has 4 nitrogen and oxygen atoms in total. The van der Waals surface area contributed by atoms with Crippen LogP contribution in [0.3, 0.4) is 0 Å². The first-order valence-electron chi connectivity index (χ1n) is 9.90. The van der Waals surface area contributed by atoms with Crippen molar-refractivity contribution in [2.24, 2.45) is 0 Å². The molecule has 0 fully saturated rings. The van der Waals surface area contributed by atoms with Gasteiger partial charge in [0.2, 0.25) is 5.91 Å². The molecular weight excluding hydrogens is 310 g/mol. The fraction of sp³-hybridized carbons (Fsp3) is 0.762. The third-order valence-electron chi connectivity index (χ3n) is 4.64. The highest BCUT2D eigenvalue weighted by Gasteiger charge is 2.10. The van der Waals surface area contributed by atoms with Crippen LogP contribution in [0.1, 0.15) is 59.3 Å². The van der Waals surface area contributed by atoms with E-state index in [1.807, 2.05) is 19.0 Å². The van der Waals surface area contributed by atoms with Gasteiger partial charge in [-0.2, -0.15) is 0 Å². The molecule has 0 saturated carbocycles. The lowest BCUT2D eigenvalue weighted by molar-refractivity contribution is -0.130. The maximum atomic E-state index is 12.2. The number of hydrogen-bond acceptors (Lipinski definition) is 3. The van der Waals surface area contributed by atoms with Crippen molar-refractivity contribution >= 4 is 5.91 Å². The van der Waals surface area contributed by atoms with Crippen LogP contribution in [0, 0.1) is 0 Å². The zero-order valence-corrected chi connectivity index (χ0v) is 17.6. The van der Waals surface area contributed by atoms with Crippen molar-refractivity contribution in [2.45, 2.75) is 59.3 Å². The Labute approximate surface area is 156 Å². The molecule has 0 N–H and O–H groups in total. The van der Waals surface area contributed by atoms with Crippen LogP contribution in [0.15, 0.2) is 23.9 Å². The molecule has 0 bridgehead atoms. The molecule has 0 heterocycles. The Morgan fingerprint density at radius 3 is 2.28 bits per heavy atom. The Morgan fingerprint density at radius 1 is 0.960 bits per heavy atom. The van der Waals surface area contributed by atoms with Gasteiger partial charge in [0.1, 0.15) is 0 Å². The van der Waals surface area contributed by atoms with Crippen LogP contribution in [0.4, 0.5) is 0 Å². The lowest BCUT2D eigenvalue weighted by atomic mass is 10.2. The second-order valence-corrected chi connectivity index (χ2v) is 6.88. The predicted octanol–water partition coefficient (Wildman–Crippen LogP) is 4.15. The summed E-state index contributed by atoms with van der Waals surface area (Å²) in [5, 5.41) is 0. The first-order valence-corrected chi connectivity index (χ1v) is 9.90. The molecule has 25 heavy (non-hydrogen) atoms. The summed E-state index contributed by atoms with van der Waals surface area (Å²) in [5.74, 6) is 0.197. The van der Waals surface area contributed by atoms with Gasteiger partial charge >= 0.3 is 0 Å². The quantitative estimate of drug-likeness (QED) is 0.347. The van der Waals surface area contributed by atoms with Crippen molar-refractivity contribution in [3.05, 3.63) is 23.9 Å². The van der Waals surface area contributed by atoms with Gasteiger partial charge in [-0.15, -0.1) is 0 Å². The summed E-state index contributed by atoms with van der Waals surface area (Å²) in [6.45, 7) is 9.73. The molecular formula is C21H41N3O. The van der Waals surface area contributed by atoms with Gasteiger partial charge in [0.05, 0.1) is 6.54 Å². The molecule has 0 aliphatic rings. The van der Waals surface area contributed by atoms with Gasteiger partial charge in [-0.25, -0.2) is 0 Å². The molecule has 0 aliphatic heterocycles. The van der Waals surface area contributed by atoms with Crippen LogP contribution in [0.2, 0.25) is 0 Å². The Bertz CT molecular complexity index is 404. The summed E-state index contributed by atoms with van der Waals surface area (Å²) in [7, 11) is 6.06. The van der Waals surface area contributed by atoms with Crippen LogP contribution in [0.5, 0.6) is 0 Å². The van der Waals surface area contributed by atoms with E-state index in [1.165, 1.54) is 31.4 Å². The van der Waals surface area contributed by atoms with E-state index >= 15 is 0 Å². The normalized spacial score (nSPS) is 12.2. The molecule has 4 heteroatoms. The van der Waals surface area contributed by atoms with Crippen molar-refractivity contribution in [3.63, 3.8) is 0 Å². The number of likely N-dealkylation sites (N-methyl/N-ethyl adjacent to an activating group) is 2. The molecule has 0 aromatic heterocycles. The lowest BCUT2D eigenvalue weighted by Crippen LogP contribution is -2.37. The molecule has 0 radical (unpaired) electrons. The monoisotopic (exact) mass is 351 g/mol. The fourth-order valence-corrected chi connectivity index (χ4v) is 2.68. The van der Waals surface area contributed by atoms with E-state index in [0.29, 0.717) is 13.1 Å². The highest BCUT2D eigenvalue weighted by molar-refractivity contribution is 5.78. The second kappa shape index (κ2) is 15.0. The minimum atomic E-state index is 0.197. The van der Waals surface area contributed by atoms with Gasteiger partial charge in [-0.05, 0) is 46.7 Å². The maximum Gasteiger partial charge on any atom is 0.236 e. The summed E-state index contributed by atoms with van der Waals surface area (Å²) in [4.78, 5) is 18.5. The molecule has 0 atom stereocenters. The van der Waals surface area contributed by atoms with Crippen LogP contribution in [-0.4, -0.2) is 67.9 Å². The van der Waals surface area contributed by atoms with Crippen molar-refractivity contribution in [1.29, 1.82) is 0 Å². The Kier molecular flexibility index (Phi) is 14.2. The van der Waals surface area contributed by atoms with E-state index in [4.69, 9.17) is 0 Å². The third-order valence-corrected chi connectivity index (χ3v) is 4.64. The van der Waals surface area contributed by atoms with Gasteiger partial charge < -0.3 is 9.80 Å². The number of rotatable bonds is 14. The zero-order chi connectivity index (χ0) is 19.1. The Hall–Kier alpha value is -1.29. The Morgan fingerprint density at radius 2 is 1.68 bits per heavy atom. The van der Waals surface area contributed by atoms with Crippen molar-refractivity contribution in [1.82, 2.24) is 14.7 Å². The van der Waals surface area contributed by atoms with Gasteiger partial charge in [0.25, 0.3) is 0 Å². The topological polar surface area (TPSA) is 26.8 Å². The van der Waals surface area contributed by atoms with Crippen LogP contribution in [0.25, 0.3) is 0 Å². The summed E-state index contributed by atoms with van der Waals surface area (Å²) >= 11 is 0. The summed E-state index contributed by atoms with van der Waals surface area (Å²) in [5.41, 5.74) is 1.38. The van der Waals surface area contributed by atoms with Crippen LogP contribution >= 0.6 is 0 Å². The second-order valence-electron chi connectivity index (χ2n) is 6.88. The van der Waals surface area contributed by atoms with Gasteiger partial charge in [-0.3, -0.25) is 9.69 Å². The number of carbonyl (C=O) groups is 1. The molecule has 0 unspecified atom stereocenters. The smallest absolute Gasteiger partial charge is 0.236 e. The van der Waals surface area contributed by atoms with Gasteiger partial charge in [0, 0.05) is 32.9 Å². The molecule has 0 aromatic carbocycles. The van der Waals surface area contributed by atoms with Crippen LogP contribution < -0.4 is 0 Å². The molecule has 0 aliphatic carbocycles. The minimum Gasteiger partial charge on any atom is -0.378 e. The van der Waals surface area contributed by atoms with E-state index in [9.17, 15) is 4.79 Å². The number of hydrogen-bond donors (Lipinski definition) is 0. The summed E-state index contributed by atoms with van der Waals surface area (Å²) < 4.78 is 0. The van der Waals surface area contributed by atoms with Crippen molar-refractivity contribution in [2.75, 3.05) is 47.3 Å². The zero-order valence-electron chi connectivity index (χ0n) is 17.6. The molecule has 0 spiro atoms. The molecule has 146 valence electrons. The Balaban J connectivity index is 3.99. The molecule has 0 saturated heterocycles. The number of unbranched alkanes of at least 4 members (excludes halogenated alkanes) is 3. The minimum absolute atomic E-state index is 0.197. The highest BCUT2D eigenvalue weighted by atomic mass is 16.2. The highest BCUT2D eigenvalue weighted by Crippen LogP contribution is 2.09. The van der Waals surface area contributed by atoms with Crippen LogP contribution in [-0.2, 0) is 4.79 Å². The first kappa shape index (κ1) is 23.7. The third kappa shape index (κ3) is 11.8. The SMILES string of the molecule is C/C=C(\CC/C=C\CN(C)C(=O)CN(C)CCCCCC)N(C)CC. The van der Waals surface area contributed by atoms with Crippen molar-refractivity contribution in [3.8, 4) is 0 Å². The van der Waals surface area contributed by atoms with Gasteiger partial charge in [0.15, 0.2) is 0 Å². The summed E-state index contributed by atoms with van der Waals surface area (Å²) in [6.07, 6.45) is 13.5. The largest absolute Gasteiger partial charge is 0.378 e. The number of amides is 1.